The van der Waals surface area contributed by atoms with E-state index < -0.39 is 0 Å². The van der Waals surface area contributed by atoms with Crippen LogP contribution in [0.5, 0.6) is 0 Å². The highest BCUT2D eigenvalue weighted by Crippen LogP contribution is 2.56. The van der Waals surface area contributed by atoms with Crippen LogP contribution in [0.3, 0.4) is 0 Å². The van der Waals surface area contributed by atoms with E-state index in [4.69, 9.17) is 0 Å². The first-order chi connectivity index (χ1) is 14.1. The van der Waals surface area contributed by atoms with Crippen LogP contribution in [-0.2, 0) is 0 Å². The molecule has 0 spiro atoms. The molecule has 0 aliphatic carbocycles. The predicted molar refractivity (Wildman–Crippen MR) is 124 cm³/mol. The second-order valence-corrected chi connectivity index (χ2v) is 7.73. The molecule has 1 aliphatic heterocycles. The van der Waals surface area contributed by atoms with E-state index in [1.807, 2.05) is 0 Å². The van der Waals surface area contributed by atoms with Gasteiger partial charge in [0.05, 0.1) is 22.7 Å². The van der Waals surface area contributed by atoms with Crippen molar-refractivity contribution < 1.29 is 0 Å². The Morgan fingerprint density at radius 1 is 0.483 bits per heavy atom. The lowest BCUT2D eigenvalue weighted by atomic mass is 9.99. The third-order valence-corrected chi connectivity index (χ3v) is 5.64. The molecule has 0 unspecified atom stereocenters. The highest BCUT2D eigenvalue weighted by Gasteiger charge is 2.32. The number of rotatable bonds is 2. The Labute approximate surface area is 172 Å². The molecule has 0 aromatic heterocycles. The summed E-state index contributed by atoms with van der Waals surface area (Å²) in [5, 5.41) is 0. The largest absolute Gasteiger partial charge is 0.306 e. The number of benzene rings is 4. The van der Waals surface area contributed by atoms with Crippen LogP contribution in [0, 0.1) is 20.8 Å². The van der Waals surface area contributed by atoms with E-state index in [0.717, 1.165) is 0 Å². The molecule has 1 heterocycles. The summed E-state index contributed by atoms with van der Waals surface area (Å²) < 4.78 is 0. The molecule has 0 atom stereocenters. The van der Waals surface area contributed by atoms with E-state index in [0.29, 0.717) is 0 Å². The van der Waals surface area contributed by atoms with Crippen molar-refractivity contribution in [2.75, 3.05) is 9.80 Å². The maximum atomic E-state index is 2.43. The maximum absolute atomic E-state index is 2.43. The average Bonchev–Trinajstić information content (AvgIpc) is 2.73. The molecule has 0 saturated heterocycles. The molecule has 4 aromatic carbocycles. The molecule has 0 radical (unpaired) electrons. The summed E-state index contributed by atoms with van der Waals surface area (Å²) >= 11 is 0. The lowest BCUT2D eigenvalue weighted by Gasteiger charge is -2.42. The number of fused-ring (bicyclic) bond motifs is 2. The summed E-state index contributed by atoms with van der Waals surface area (Å²) in [4.78, 5) is 4.82. The number of aryl methyl sites for hydroxylation is 3. The molecular weight excluding hydrogens is 352 g/mol. The van der Waals surface area contributed by atoms with Gasteiger partial charge in [-0.3, -0.25) is 0 Å². The first-order valence-corrected chi connectivity index (χ1v) is 10.1. The van der Waals surface area contributed by atoms with Crippen LogP contribution in [0.25, 0.3) is 0 Å². The Hall–Kier alpha value is -3.52. The maximum Gasteiger partial charge on any atom is 0.0732 e. The lowest BCUT2D eigenvalue weighted by Crippen LogP contribution is -2.25. The molecule has 0 fully saturated rings. The molecule has 2 nitrogen and oxygen atoms in total. The molecule has 4 aromatic rings. The van der Waals surface area contributed by atoms with E-state index >= 15 is 0 Å². The first kappa shape index (κ1) is 17.6. The van der Waals surface area contributed by atoms with Crippen molar-refractivity contribution in [3.05, 3.63) is 108 Å². The molecule has 29 heavy (non-hydrogen) atoms. The zero-order valence-corrected chi connectivity index (χ0v) is 17.1. The van der Waals surface area contributed by atoms with E-state index in [1.54, 1.807) is 0 Å². The minimum atomic E-state index is 1.18. The molecule has 142 valence electrons. The Balaban J connectivity index is 1.87. The van der Waals surface area contributed by atoms with Crippen LogP contribution in [0.2, 0.25) is 0 Å². The first-order valence-electron chi connectivity index (χ1n) is 10.1. The highest BCUT2D eigenvalue weighted by atomic mass is 15.3. The van der Waals surface area contributed by atoms with Gasteiger partial charge in [-0.1, -0.05) is 54.6 Å². The van der Waals surface area contributed by atoms with Crippen molar-refractivity contribution in [2.24, 2.45) is 0 Å². The van der Waals surface area contributed by atoms with Crippen LogP contribution in [-0.4, -0.2) is 0 Å². The summed E-state index contributed by atoms with van der Waals surface area (Å²) in [7, 11) is 0. The monoisotopic (exact) mass is 376 g/mol. The van der Waals surface area contributed by atoms with Crippen LogP contribution in [0.1, 0.15) is 16.7 Å². The summed E-state index contributed by atoms with van der Waals surface area (Å²) in [5.74, 6) is 0. The Bertz CT molecular complexity index is 1140. The van der Waals surface area contributed by atoms with Gasteiger partial charge in [0.2, 0.25) is 0 Å². The molecule has 5 rings (SSSR count). The van der Waals surface area contributed by atoms with Crippen molar-refractivity contribution in [1.29, 1.82) is 0 Å². The van der Waals surface area contributed by atoms with Crippen molar-refractivity contribution in [1.82, 2.24) is 0 Å². The second kappa shape index (κ2) is 6.82. The molecule has 2 heteroatoms. The minimum Gasteiger partial charge on any atom is -0.306 e. The Morgan fingerprint density at radius 2 is 1.03 bits per heavy atom. The van der Waals surface area contributed by atoms with Gasteiger partial charge < -0.3 is 9.80 Å². The SMILES string of the molecule is Cc1cccc(N2c3c(C)cccc3N(c3ccccc3)c3cccc(C)c32)c1. The van der Waals surface area contributed by atoms with Gasteiger partial charge in [-0.05, 0) is 73.9 Å². The van der Waals surface area contributed by atoms with Gasteiger partial charge >= 0.3 is 0 Å². The average molecular weight is 377 g/mol. The standard InChI is InChI=1S/C27H24N2/c1-19-10-7-15-23(18-19)29-26-20(2)11-8-16-24(26)28(22-13-5-4-6-14-22)25-17-9-12-21(3)27(25)29/h4-18H,1-3H3. The second-order valence-electron chi connectivity index (χ2n) is 7.73. The van der Waals surface area contributed by atoms with Crippen molar-refractivity contribution >= 4 is 34.1 Å². The van der Waals surface area contributed by atoms with Gasteiger partial charge in [0.15, 0.2) is 0 Å². The predicted octanol–water partition coefficient (Wildman–Crippen LogP) is 7.86. The number of nitrogens with zero attached hydrogens (tertiary/aromatic N) is 2. The summed E-state index contributed by atoms with van der Waals surface area (Å²) in [5.41, 5.74) is 11.0. The summed E-state index contributed by atoms with van der Waals surface area (Å²) in [6.07, 6.45) is 0. The van der Waals surface area contributed by atoms with Gasteiger partial charge in [-0.25, -0.2) is 0 Å². The van der Waals surface area contributed by atoms with Crippen molar-refractivity contribution in [2.45, 2.75) is 20.8 Å². The number of hydrogen-bond acceptors (Lipinski definition) is 2. The minimum absolute atomic E-state index is 1.18. The van der Waals surface area contributed by atoms with E-state index in [1.165, 1.54) is 50.8 Å². The number of anilines is 6. The number of para-hydroxylation sites is 3. The van der Waals surface area contributed by atoms with Crippen molar-refractivity contribution in [3.63, 3.8) is 0 Å². The topological polar surface area (TPSA) is 6.48 Å². The van der Waals surface area contributed by atoms with Gasteiger partial charge in [0.25, 0.3) is 0 Å². The molecule has 0 N–H and O–H groups in total. The molecule has 0 amide bonds. The van der Waals surface area contributed by atoms with E-state index in [-0.39, 0.29) is 0 Å². The summed E-state index contributed by atoms with van der Waals surface area (Å²) in [6, 6.07) is 32.6. The van der Waals surface area contributed by atoms with Gasteiger partial charge in [0.1, 0.15) is 0 Å². The molecule has 0 bridgehead atoms. The quantitative estimate of drug-likeness (QED) is 0.309. The van der Waals surface area contributed by atoms with Gasteiger partial charge in [0, 0.05) is 11.4 Å². The highest BCUT2D eigenvalue weighted by molar-refractivity contribution is 6.03. The van der Waals surface area contributed by atoms with E-state index in [9.17, 15) is 0 Å². The van der Waals surface area contributed by atoms with E-state index in [2.05, 4.69) is 122 Å². The van der Waals surface area contributed by atoms with Crippen LogP contribution >= 0.6 is 0 Å². The van der Waals surface area contributed by atoms with Crippen LogP contribution in [0.4, 0.5) is 34.1 Å². The van der Waals surface area contributed by atoms with Gasteiger partial charge in [-0.15, -0.1) is 0 Å². The zero-order valence-electron chi connectivity index (χ0n) is 17.1. The van der Waals surface area contributed by atoms with Crippen LogP contribution < -0.4 is 9.80 Å². The summed E-state index contributed by atoms with van der Waals surface area (Å²) in [6.45, 7) is 6.56. The third-order valence-electron chi connectivity index (χ3n) is 5.64. The van der Waals surface area contributed by atoms with Crippen molar-refractivity contribution in [3.8, 4) is 0 Å². The number of hydrogen-bond donors (Lipinski definition) is 0. The third kappa shape index (κ3) is 2.80. The Morgan fingerprint density at radius 3 is 1.62 bits per heavy atom. The Kier molecular flexibility index (Phi) is 4.13. The molecule has 0 saturated carbocycles. The molecular formula is C27H24N2. The smallest absolute Gasteiger partial charge is 0.0732 e. The fourth-order valence-corrected chi connectivity index (χ4v) is 4.35. The lowest BCUT2D eigenvalue weighted by molar-refractivity contribution is 1.13. The van der Waals surface area contributed by atoms with Crippen LogP contribution in [0.15, 0.2) is 91.0 Å². The normalized spacial score (nSPS) is 12.5. The fraction of sp³-hybridized carbons (Fsp3) is 0.111. The molecule has 1 aliphatic rings. The van der Waals surface area contributed by atoms with Gasteiger partial charge in [-0.2, -0.15) is 0 Å². The zero-order chi connectivity index (χ0) is 20.0. The fourth-order valence-electron chi connectivity index (χ4n) is 4.35.